The number of halogens is 1. The summed E-state index contributed by atoms with van der Waals surface area (Å²) >= 11 is 0. The summed E-state index contributed by atoms with van der Waals surface area (Å²) < 4.78 is 0. The van der Waals surface area contributed by atoms with Gasteiger partial charge in [0, 0.05) is 24.4 Å². The van der Waals surface area contributed by atoms with Crippen LogP contribution in [0.4, 0.5) is 4.79 Å². The van der Waals surface area contributed by atoms with Crippen molar-refractivity contribution in [2.24, 2.45) is 5.92 Å². The number of carbonyl (C=O) groups excluding carboxylic acids is 1. The predicted octanol–water partition coefficient (Wildman–Crippen LogP) is 4.47. The molecule has 0 aliphatic rings. The van der Waals surface area contributed by atoms with Gasteiger partial charge in [0.1, 0.15) is 11.3 Å². The van der Waals surface area contributed by atoms with Crippen LogP contribution in [0.15, 0.2) is 36.4 Å². The highest BCUT2D eigenvalue weighted by atomic mass is 35.5. The molecular formula is C24H34ClN3O4. The third-order valence-electron chi connectivity index (χ3n) is 5.29. The Balaban J connectivity index is 0.00000512. The van der Waals surface area contributed by atoms with Gasteiger partial charge in [-0.25, -0.2) is 4.79 Å². The van der Waals surface area contributed by atoms with E-state index in [1.807, 2.05) is 26.0 Å². The second kappa shape index (κ2) is 11.7. The molecule has 3 N–H and O–H groups in total. The lowest BCUT2D eigenvalue weighted by molar-refractivity contribution is -0.132. The van der Waals surface area contributed by atoms with Gasteiger partial charge in [0.2, 0.25) is 5.91 Å². The van der Waals surface area contributed by atoms with Gasteiger partial charge in [-0.3, -0.25) is 14.7 Å². The fourth-order valence-electron chi connectivity index (χ4n) is 3.62. The number of phenolic OH excluding ortho intramolecular Hbond substituents is 1. The lowest BCUT2D eigenvalue weighted by atomic mass is 9.89. The Kier molecular flexibility index (Phi) is 9.97. The maximum Gasteiger partial charge on any atom is 0.408 e. The monoisotopic (exact) mass is 463 g/mol. The summed E-state index contributed by atoms with van der Waals surface area (Å²) in [6.45, 7) is 10.0. The summed E-state index contributed by atoms with van der Waals surface area (Å²) in [5, 5.41) is 22.6. The van der Waals surface area contributed by atoms with Crippen LogP contribution in [0, 0.1) is 19.8 Å². The van der Waals surface area contributed by atoms with Crippen LogP contribution in [-0.4, -0.2) is 44.2 Å². The largest absolute Gasteiger partial charge is 0.508 e. The number of hydrogen-bond donors (Lipinski definition) is 3. The number of pyridine rings is 1. The van der Waals surface area contributed by atoms with E-state index in [4.69, 9.17) is 0 Å². The molecule has 0 unspecified atom stereocenters. The average molecular weight is 464 g/mol. The second-order valence-electron chi connectivity index (χ2n) is 8.68. The van der Waals surface area contributed by atoms with E-state index in [1.165, 1.54) is 17.0 Å². The van der Waals surface area contributed by atoms with Gasteiger partial charge in [0.25, 0.3) is 0 Å². The van der Waals surface area contributed by atoms with Crippen molar-refractivity contribution in [3.8, 4) is 5.75 Å². The molecule has 2 rings (SSSR count). The van der Waals surface area contributed by atoms with Crippen molar-refractivity contribution in [1.82, 2.24) is 15.2 Å². The molecule has 2 amide bonds. The predicted molar refractivity (Wildman–Crippen MR) is 127 cm³/mol. The van der Waals surface area contributed by atoms with Crippen molar-refractivity contribution in [2.75, 3.05) is 6.54 Å². The van der Waals surface area contributed by atoms with Crippen molar-refractivity contribution in [3.63, 3.8) is 0 Å². The van der Waals surface area contributed by atoms with E-state index in [-0.39, 0.29) is 37.0 Å². The first-order valence-electron chi connectivity index (χ1n) is 10.5. The Morgan fingerprint density at radius 2 is 1.66 bits per heavy atom. The fraction of sp³-hybridized carbons (Fsp3) is 0.458. The molecule has 32 heavy (non-hydrogen) atoms. The van der Waals surface area contributed by atoms with E-state index in [9.17, 15) is 19.8 Å². The van der Waals surface area contributed by atoms with E-state index in [0.717, 1.165) is 28.9 Å². The van der Waals surface area contributed by atoms with Crippen LogP contribution in [0.25, 0.3) is 0 Å². The summed E-state index contributed by atoms with van der Waals surface area (Å²) in [5.74, 6) is 0.192. The van der Waals surface area contributed by atoms with Crippen LogP contribution in [0.1, 0.15) is 49.7 Å². The minimum Gasteiger partial charge on any atom is -0.508 e. The number of aromatic hydroxyl groups is 1. The molecule has 0 aliphatic carbocycles. The molecule has 8 heteroatoms. The van der Waals surface area contributed by atoms with Crippen LogP contribution in [-0.2, 0) is 17.8 Å². The van der Waals surface area contributed by atoms with Crippen LogP contribution in [0.3, 0.4) is 0 Å². The molecule has 0 aliphatic heterocycles. The molecule has 0 bridgehead atoms. The SMILES string of the molecule is Cc1cc(CN(C(=O)O)[C@@](C)(Cc2ccc(O)cc2)C(=O)NCCC(C)C)cc(C)n1.Cl. The molecule has 0 saturated carbocycles. The third kappa shape index (κ3) is 7.41. The van der Waals surface area contributed by atoms with Gasteiger partial charge in [-0.05, 0) is 68.5 Å². The van der Waals surface area contributed by atoms with Crippen molar-refractivity contribution in [1.29, 1.82) is 0 Å². The molecule has 0 saturated heterocycles. The topological polar surface area (TPSA) is 103 Å². The number of hydrogen-bond acceptors (Lipinski definition) is 4. The number of nitrogens with one attached hydrogen (secondary N) is 1. The van der Waals surface area contributed by atoms with Crippen LogP contribution < -0.4 is 5.32 Å². The summed E-state index contributed by atoms with van der Waals surface area (Å²) in [5.41, 5.74) is 1.78. The number of aromatic nitrogens is 1. The molecule has 7 nitrogen and oxygen atoms in total. The molecule has 0 fully saturated rings. The summed E-state index contributed by atoms with van der Waals surface area (Å²) in [6.07, 6.45) is -0.195. The summed E-state index contributed by atoms with van der Waals surface area (Å²) in [7, 11) is 0. The number of phenols is 1. The lowest BCUT2D eigenvalue weighted by Crippen LogP contribution is -2.59. The summed E-state index contributed by atoms with van der Waals surface area (Å²) in [6, 6.07) is 10.1. The Bertz CT molecular complexity index is 898. The quantitative estimate of drug-likeness (QED) is 0.509. The standard InChI is InChI=1S/C24H33N3O4.ClH/c1-16(2)10-11-25-22(29)24(5,14-19-6-8-21(28)9-7-19)27(23(30)31)15-20-12-17(3)26-18(4)13-20;/h6-9,12-13,16,28H,10-11,14-15H2,1-5H3,(H,25,29)(H,30,31);1H/t24-;/m0./s1. The van der Waals surface area contributed by atoms with E-state index < -0.39 is 11.6 Å². The van der Waals surface area contributed by atoms with E-state index in [0.29, 0.717) is 12.5 Å². The zero-order chi connectivity index (χ0) is 23.2. The van der Waals surface area contributed by atoms with Gasteiger partial charge in [-0.1, -0.05) is 26.0 Å². The fourth-order valence-corrected chi connectivity index (χ4v) is 3.62. The first-order chi connectivity index (χ1) is 14.5. The van der Waals surface area contributed by atoms with Crippen molar-refractivity contribution in [2.45, 2.75) is 59.5 Å². The lowest BCUT2D eigenvalue weighted by Gasteiger charge is -2.38. The Morgan fingerprint density at radius 3 is 2.16 bits per heavy atom. The van der Waals surface area contributed by atoms with Gasteiger partial charge in [-0.15, -0.1) is 12.4 Å². The van der Waals surface area contributed by atoms with E-state index in [1.54, 1.807) is 19.1 Å². The van der Waals surface area contributed by atoms with Crippen molar-refractivity contribution in [3.05, 3.63) is 58.9 Å². The maximum absolute atomic E-state index is 13.3. The number of aryl methyl sites for hydroxylation is 2. The number of rotatable bonds is 9. The van der Waals surface area contributed by atoms with Gasteiger partial charge in [-0.2, -0.15) is 0 Å². The second-order valence-corrected chi connectivity index (χ2v) is 8.68. The van der Waals surface area contributed by atoms with Gasteiger partial charge in [0.15, 0.2) is 0 Å². The number of carbonyl (C=O) groups is 2. The Labute approximate surface area is 196 Å². The first-order valence-corrected chi connectivity index (χ1v) is 10.5. The first kappa shape index (κ1) is 27.2. The Hall–Kier alpha value is -2.80. The zero-order valence-electron chi connectivity index (χ0n) is 19.4. The smallest absolute Gasteiger partial charge is 0.408 e. The van der Waals surface area contributed by atoms with Crippen LogP contribution in [0.2, 0.25) is 0 Å². The highest BCUT2D eigenvalue weighted by molar-refractivity contribution is 5.89. The molecule has 176 valence electrons. The van der Waals surface area contributed by atoms with E-state index in [2.05, 4.69) is 24.1 Å². The van der Waals surface area contributed by atoms with Crippen molar-refractivity contribution < 1.29 is 19.8 Å². The van der Waals surface area contributed by atoms with Gasteiger partial charge >= 0.3 is 6.09 Å². The molecular weight excluding hydrogens is 430 g/mol. The van der Waals surface area contributed by atoms with Crippen LogP contribution in [0.5, 0.6) is 5.75 Å². The maximum atomic E-state index is 13.3. The highest BCUT2D eigenvalue weighted by Gasteiger charge is 2.42. The third-order valence-corrected chi connectivity index (χ3v) is 5.29. The van der Waals surface area contributed by atoms with Crippen molar-refractivity contribution >= 4 is 24.4 Å². The number of amides is 2. The number of benzene rings is 1. The molecule has 2 aromatic rings. The van der Waals surface area contributed by atoms with Gasteiger partial charge in [0.05, 0.1) is 6.54 Å². The minimum absolute atomic E-state index is 0. The molecule has 1 aromatic heterocycles. The van der Waals surface area contributed by atoms with Gasteiger partial charge < -0.3 is 15.5 Å². The number of nitrogens with zero attached hydrogens (tertiary/aromatic N) is 2. The zero-order valence-corrected chi connectivity index (χ0v) is 20.2. The number of carboxylic acid groups (broad SMARTS) is 1. The minimum atomic E-state index is -1.34. The molecule has 1 atom stereocenters. The average Bonchev–Trinajstić information content (AvgIpc) is 2.66. The summed E-state index contributed by atoms with van der Waals surface area (Å²) in [4.78, 5) is 31.2. The molecule has 1 heterocycles. The van der Waals surface area contributed by atoms with E-state index >= 15 is 0 Å². The molecule has 0 radical (unpaired) electrons. The molecule has 1 aromatic carbocycles. The highest BCUT2D eigenvalue weighted by Crippen LogP contribution is 2.26. The Morgan fingerprint density at radius 1 is 1.09 bits per heavy atom. The normalized spacial score (nSPS) is 12.6. The molecule has 0 spiro atoms. The van der Waals surface area contributed by atoms with Crippen LogP contribution >= 0.6 is 12.4 Å².